The van der Waals surface area contributed by atoms with E-state index in [2.05, 4.69) is 20.4 Å². The van der Waals surface area contributed by atoms with Crippen LogP contribution in [0.25, 0.3) is 17.0 Å². The number of nitrogens with one attached hydrogen (secondary N) is 1. The number of alkyl carbamates (subject to hydrolysis) is 1. The van der Waals surface area contributed by atoms with Crippen molar-refractivity contribution in [3.05, 3.63) is 42.6 Å². The standard InChI is InChI=1S/C29H39N5O5/c1-29(2,3)39-28(35)30-22-7-9-23(10-8-22)38-25-11-12-26-31-32-27(34(26)20-25)21-5-4-6-24(19-21)37-18-15-33-13-16-36-17-14-33/h4-6,11-12,19-20,22-23H,7-10,13-18H2,1-3H3,(H,30,35)/t22-,23-. The third-order valence-electron chi connectivity index (χ3n) is 6.95. The third kappa shape index (κ3) is 7.60. The van der Waals surface area contributed by atoms with Gasteiger partial charge >= 0.3 is 6.09 Å². The number of morpholine rings is 1. The van der Waals surface area contributed by atoms with Crippen molar-refractivity contribution in [3.8, 4) is 22.9 Å². The zero-order valence-corrected chi connectivity index (χ0v) is 23.1. The van der Waals surface area contributed by atoms with Crippen LogP contribution in [-0.2, 0) is 9.47 Å². The lowest BCUT2D eigenvalue weighted by Gasteiger charge is -2.30. The SMILES string of the molecule is CC(C)(C)OC(=O)N[C@H]1CC[C@H](Oc2ccc3nnc(-c4cccc(OCCN5CCOCC5)c4)n3c2)CC1. The molecule has 0 unspecified atom stereocenters. The molecule has 1 aliphatic heterocycles. The Morgan fingerprint density at radius 3 is 2.62 bits per heavy atom. The van der Waals surface area contributed by atoms with Crippen LogP contribution in [0.15, 0.2) is 42.6 Å². The molecule has 1 amide bonds. The number of rotatable bonds is 8. The van der Waals surface area contributed by atoms with E-state index in [1.54, 1.807) is 0 Å². The largest absolute Gasteiger partial charge is 0.492 e. The molecule has 3 aromatic rings. The third-order valence-corrected chi connectivity index (χ3v) is 6.95. The zero-order chi connectivity index (χ0) is 27.2. The molecule has 0 spiro atoms. The number of nitrogens with zero attached hydrogens (tertiary/aromatic N) is 4. The van der Waals surface area contributed by atoms with Crippen LogP contribution < -0.4 is 14.8 Å². The minimum Gasteiger partial charge on any atom is -0.492 e. The van der Waals surface area contributed by atoms with Gasteiger partial charge in [0, 0.05) is 31.2 Å². The van der Waals surface area contributed by atoms with Crippen LogP contribution in [0.4, 0.5) is 4.79 Å². The van der Waals surface area contributed by atoms with Gasteiger partial charge in [-0.05, 0) is 70.7 Å². The number of aromatic nitrogens is 3. The maximum Gasteiger partial charge on any atom is 0.407 e. The van der Waals surface area contributed by atoms with Crippen LogP contribution in [0.5, 0.6) is 11.5 Å². The molecule has 1 saturated carbocycles. The summed E-state index contributed by atoms with van der Waals surface area (Å²) < 4.78 is 25.1. The Morgan fingerprint density at radius 1 is 1.05 bits per heavy atom. The predicted octanol–water partition coefficient (Wildman–Crippen LogP) is 4.32. The second-order valence-electron chi connectivity index (χ2n) is 11.2. The average Bonchev–Trinajstić information content (AvgIpc) is 3.33. The number of pyridine rings is 1. The number of ether oxygens (including phenoxy) is 4. The normalized spacial score (nSPS) is 20.5. The Kier molecular flexibility index (Phi) is 8.52. The molecule has 2 aromatic heterocycles. The highest BCUT2D eigenvalue weighted by Gasteiger charge is 2.26. The van der Waals surface area contributed by atoms with E-state index < -0.39 is 5.60 Å². The summed E-state index contributed by atoms with van der Waals surface area (Å²) in [6.45, 7) is 10.6. The van der Waals surface area contributed by atoms with E-state index >= 15 is 0 Å². The van der Waals surface area contributed by atoms with Gasteiger partial charge in [-0.1, -0.05) is 12.1 Å². The van der Waals surface area contributed by atoms with Crippen LogP contribution in [-0.4, -0.2) is 82.8 Å². The van der Waals surface area contributed by atoms with Crippen molar-refractivity contribution in [2.75, 3.05) is 39.5 Å². The molecule has 0 radical (unpaired) electrons. The minimum absolute atomic E-state index is 0.0854. The van der Waals surface area contributed by atoms with Gasteiger partial charge in [-0.2, -0.15) is 0 Å². The zero-order valence-electron chi connectivity index (χ0n) is 23.1. The number of hydrogen-bond donors (Lipinski definition) is 1. The van der Waals surface area contributed by atoms with E-state index in [-0.39, 0.29) is 18.2 Å². The van der Waals surface area contributed by atoms with Crippen LogP contribution in [0.2, 0.25) is 0 Å². The molecule has 3 heterocycles. The highest BCUT2D eigenvalue weighted by molar-refractivity contribution is 5.68. The maximum absolute atomic E-state index is 12.1. The van der Waals surface area contributed by atoms with Gasteiger partial charge in [0.25, 0.3) is 0 Å². The first-order chi connectivity index (χ1) is 18.8. The lowest BCUT2D eigenvalue weighted by molar-refractivity contribution is 0.0322. The summed E-state index contributed by atoms with van der Waals surface area (Å²) in [4.78, 5) is 14.4. The van der Waals surface area contributed by atoms with Crippen LogP contribution in [0, 0.1) is 0 Å². The van der Waals surface area contributed by atoms with Gasteiger partial charge in [-0.25, -0.2) is 4.79 Å². The van der Waals surface area contributed by atoms with Crippen molar-refractivity contribution in [2.24, 2.45) is 0 Å². The lowest BCUT2D eigenvalue weighted by Crippen LogP contribution is -2.42. The van der Waals surface area contributed by atoms with Crippen LogP contribution in [0.1, 0.15) is 46.5 Å². The van der Waals surface area contributed by atoms with Gasteiger partial charge in [-0.15, -0.1) is 10.2 Å². The number of carbonyl (C=O) groups is 1. The molecule has 2 fully saturated rings. The summed E-state index contributed by atoms with van der Waals surface area (Å²) in [6.07, 6.45) is 5.09. The molecule has 10 heteroatoms. The Labute approximate surface area is 229 Å². The van der Waals surface area contributed by atoms with Crippen molar-refractivity contribution >= 4 is 11.7 Å². The topological polar surface area (TPSA) is 99.5 Å². The fourth-order valence-corrected chi connectivity index (χ4v) is 4.97. The molecule has 1 N–H and O–H groups in total. The number of carbonyl (C=O) groups excluding carboxylic acids is 1. The second-order valence-corrected chi connectivity index (χ2v) is 11.2. The van der Waals surface area contributed by atoms with Gasteiger partial charge < -0.3 is 24.3 Å². The Hall–Kier alpha value is -3.37. The van der Waals surface area contributed by atoms with E-state index in [0.717, 1.165) is 87.1 Å². The molecule has 210 valence electrons. The van der Waals surface area contributed by atoms with Crippen LogP contribution in [0.3, 0.4) is 0 Å². The summed E-state index contributed by atoms with van der Waals surface area (Å²) in [6, 6.07) is 11.9. The smallest absolute Gasteiger partial charge is 0.407 e. The number of amides is 1. The molecule has 1 aliphatic carbocycles. The molecule has 39 heavy (non-hydrogen) atoms. The minimum atomic E-state index is -0.499. The Morgan fingerprint density at radius 2 is 1.85 bits per heavy atom. The Bertz CT molecular complexity index is 1240. The maximum atomic E-state index is 12.1. The highest BCUT2D eigenvalue weighted by Crippen LogP contribution is 2.27. The molecular weight excluding hydrogens is 498 g/mol. The molecule has 0 atom stereocenters. The average molecular weight is 538 g/mol. The van der Waals surface area contributed by atoms with Crippen molar-refractivity contribution in [3.63, 3.8) is 0 Å². The summed E-state index contributed by atoms with van der Waals surface area (Å²) in [5.41, 5.74) is 1.18. The highest BCUT2D eigenvalue weighted by atomic mass is 16.6. The van der Waals surface area contributed by atoms with E-state index in [0.29, 0.717) is 6.61 Å². The van der Waals surface area contributed by atoms with Crippen molar-refractivity contribution in [1.82, 2.24) is 24.8 Å². The molecule has 10 nitrogen and oxygen atoms in total. The molecule has 5 rings (SSSR count). The lowest BCUT2D eigenvalue weighted by atomic mass is 9.93. The molecule has 2 aliphatic rings. The van der Waals surface area contributed by atoms with E-state index in [1.807, 2.05) is 67.8 Å². The van der Waals surface area contributed by atoms with E-state index in [9.17, 15) is 4.79 Å². The fraction of sp³-hybridized carbons (Fsp3) is 0.552. The molecular formula is C29H39N5O5. The summed E-state index contributed by atoms with van der Waals surface area (Å²) in [5.74, 6) is 2.31. The monoisotopic (exact) mass is 537 g/mol. The molecule has 1 saturated heterocycles. The van der Waals surface area contributed by atoms with Gasteiger partial charge in [-0.3, -0.25) is 9.30 Å². The first-order valence-corrected chi connectivity index (χ1v) is 13.9. The number of fused-ring (bicyclic) bond motifs is 1. The first-order valence-electron chi connectivity index (χ1n) is 13.9. The number of hydrogen-bond acceptors (Lipinski definition) is 8. The first kappa shape index (κ1) is 27.2. The summed E-state index contributed by atoms with van der Waals surface area (Å²) >= 11 is 0. The van der Waals surface area contributed by atoms with Gasteiger partial charge in [0.1, 0.15) is 23.7 Å². The van der Waals surface area contributed by atoms with Gasteiger partial charge in [0.15, 0.2) is 11.5 Å². The molecule has 1 aromatic carbocycles. The van der Waals surface area contributed by atoms with Gasteiger partial charge in [0.05, 0.1) is 25.5 Å². The van der Waals surface area contributed by atoms with Gasteiger partial charge in [0.2, 0.25) is 0 Å². The number of benzene rings is 1. The second kappa shape index (κ2) is 12.2. The summed E-state index contributed by atoms with van der Waals surface area (Å²) in [7, 11) is 0. The van der Waals surface area contributed by atoms with Crippen molar-refractivity contribution in [1.29, 1.82) is 0 Å². The van der Waals surface area contributed by atoms with Crippen molar-refractivity contribution < 1.29 is 23.7 Å². The van der Waals surface area contributed by atoms with Crippen molar-refractivity contribution in [2.45, 2.75) is 64.2 Å². The van der Waals surface area contributed by atoms with E-state index in [4.69, 9.17) is 18.9 Å². The predicted molar refractivity (Wildman–Crippen MR) is 147 cm³/mol. The molecule has 0 bridgehead atoms. The van der Waals surface area contributed by atoms with Crippen LogP contribution >= 0.6 is 0 Å². The quantitative estimate of drug-likeness (QED) is 0.454. The Balaban J connectivity index is 1.18. The van der Waals surface area contributed by atoms with E-state index in [1.165, 1.54) is 0 Å². The summed E-state index contributed by atoms with van der Waals surface area (Å²) in [5, 5.41) is 11.8. The fourth-order valence-electron chi connectivity index (χ4n) is 4.97.